The SMILES string of the molecule is CNCCN(C)C(=O)CCc1ccc(Cl)s1. The van der Waals surface area contributed by atoms with E-state index < -0.39 is 0 Å². The number of amides is 1. The van der Waals surface area contributed by atoms with E-state index in [4.69, 9.17) is 11.6 Å². The lowest BCUT2D eigenvalue weighted by Gasteiger charge is -2.16. The van der Waals surface area contributed by atoms with Gasteiger partial charge in [-0.1, -0.05) is 11.6 Å². The maximum absolute atomic E-state index is 11.7. The van der Waals surface area contributed by atoms with Gasteiger partial charge in [-0.25, -0.2) is 0 Å². The van der Waals surface area contributed by atoms with E-state index in [0.717, 1.165) is 23.8 Å². The normalized spacial score (nSPS) is 10.4. The first-order valence-electron chi connectivity index (χ1n) is 5.26. The number of carbonyl (C=O) groups is 1. The lowest BCUT2D eigenvalue weighted by atomic mass is 10.2. The Balaban J connectivity index is 2.29. The molecular weight excluding hydrogens is 244 g/mol. The zero-order chi connectivity index (χ0) is 12.0. The van der Waals surface area contributed by atoms with Crippen LogP contribution in [0.25, 0.3) is 0 Å². The van der Waals surface area contributed by atoms with Crippen molar-refractivity contribution < 1.29 is 4.79 Å². The third kappa shape index (κ3) is 4.51. The summed E-state index contributed by atoms with van der Waals surface area (Å²) >= 11 is 7.36. The second-order valence-corrected chi connectivity index (χ2v) is 5.42. The molecule has 16 heavy (non-hydrogen) atoms. The van der Waals surface area contributed by atoms with Gasteiger partial charge in [-0.3, -0.25) is 4.79 Å². The molecule has 0 aliphatic rings. The lowest BCUT2D eigenvalue weighted by Crippen LogP contribution is -2.32. The van der Waals surface area contributed by atoms with Gasteiger partial charge in [-0.2, -0.15) is 0 Å². The first-order chi connectivity index (χ1) is 7.63. The number of rotatable bonds is 6. The average molecular weight is 261 g/mol. The number of halogens is 1. The minimum absolute atomic E-state index is 0.180. The molecule has 1 rings (SSSR count). The van der Waals surface area contributed by atoms with Crippen LogP contribution >= 0.6 is 22.9 Å². The van der Waals surface area contributed by atoms with E-state index in [9.17, 15) is 4.79 Å². The number of likely N-dealkylation sites (N-methyl/N-ethyl adjacent to an activating group) is 2. The Morgan fingerprint density at radius 2 is 2.31 bits per heavy atom. The van der Waals surface area contributed by atoms with E-state index in [1.165, 1.54) is 4.88 Å². The molecule has 90 valence electrons. The Bertz CT molecular complexity index is 340. The lowest BCUT2D eigenvalue weighted by molar-refractivity contribution is -0.129. The predicted octanol–water partition coefficient (Wildman–Crippen LogP) is 2.01. The van der Waals surface area contributed by atoms with Gasteiger partial charge in [-0.05, 0) is 25.6 Å². The number of carbonyl (C=O) groups excluding carboxylic acids is 1. The van der Waals surface area contributed by atoms with Gasteiger partial charge in [0.2, 0.25) is 5.91 Å². The first-order valence-corrected chi connectivity index (χ1v) is 6.45. The van der Waals surface area contributed by atoms with E-state index in [0.29, 0.717) is 6.42 Å². The van der Waals surface area contributed by atoms with E-state index in [1.54, 1.807) is 16.2 Å². The highest BCUT2D eigenvalue weighted by Crippen LogP contribution is 2.22. The highest BCUT2D eigenvalue weighted by atomic mass is 35.5. The van der Waals surface area contributed by atoms with E-state index in [2.05, 4.69) is 5.32 Å². The summed E-state index contributed by atoms with van der Waals surface area (Å²) in [5, 5.41) is 3.02. The van der Waals surface area contributed by atoms with Gasteiger partial charge in [0, 0.05) is 31.4 Å². The number of hydrogen-bond donors (Lipinski definition) is 1. The van der Waals surface area contributed by atoms with Gasteiger partial charge in [0.15, 0.2) is 0 Å². The van der Waals surface area contributed by atoms with Crippen molar-refractivity contribution in [2.24, 2.45) is 0 Å². The van der Waals surface area contributed by atoms with Gasteiger partial charge in [-0.15, -0.1) is 11.3 Å². The fourth-order valence-corrected chi connectivity index (χ4v) is 2.40. The molecule has 0 aliphatic heterocycles. The molecule has 0 unspecified atom stereocenters. The zero-order valence-corrected chi connectivity index (χ0v) is 11.2. The maximum atomic E-state index is 11.7. The summed E-state index contributed by atoms with van der Waals surface area (Å²) in [6.45, 7) is 1.58. The van der Waals surface area contributed by atoms with Crippen LogP contribution in [0.3, 0.4) is 0 Å². The number of hydrogen-bond acceptors (Lipinski definition) is 3. The minimum Gasteiger partial charge on any atom is -0.344 e. The number of nitrogens with zero attached hydrogens (tertiary/aromatic N) is 1. The standard InChI is InChI=1S/C11H17ClN2OS/c1-13-7-8-14(2)11(15)6-4-9-3-5-10(12)16-9/h3,5,13H,4,6-8H2,1-2H3. The molecule has 0 fully saturated rings. The van der Waals surface area contributed by atoms with Gasteiger partial charge < -0.3 is 10.2 Å². The summed E-state index contributed by atoms with van der Waals surface area (Å²) in [4.78, 5) is 14.6. The van der Waals surface area contributed by atoms with Crippen molar-refractivity contribution in [1.29, 1.82) is 0 Å². The van der Waals surface area contributed by atoms with Gasteiger partial charge in [0.1, 0.15) is 0 Å². The Kier molecular flexibility index (Phi) is 5.80. The third-order valence-electron chi connectivity index (χ3n) is 2.34. The number of thiophene rings is 1. The molecule has 0 aliphatic carbocycles. The number of aryl methyl sites for hydroxylation is 1. The van der Waals surface area contributed by atoms with Crippen LogP contribution in [0.2, 0.25) is 4.34 Å². The predicted molar refractivity (Wildman–Crippen MR) is 69.2 cm³/mol. The second kappa shape index (κ2) is 6.89. The Labute approximate surface area is 105 Å². The molecule has 1 heterocycles. The van der Waals surface area contributed by atoms with Crippen LogP contribution in [-0.4, -0.2) is 38.0 Å². The largest absolute Gasteiger partial charge is 0.344 e. The van der Waals surface area contributed by atoms with Crippen molar-refractivity contribution in [3.8, 4) is 0 Å². The van der Waals surface area contributed by atoms with E-state index in [1.807, 2.05) is 26.2 Å². The van der Waals surface area contributed by atoms with Crippen molar-refractivity contribution in [3.63, 3.8) is 0 Å². The monoisotopic (exact) mass is 260 g/mol. The molecule has 1 aromatic rings. The summed E-state index contributed by atoms with van der Waals surface area (Å²) in [6, 6.07) is 3.85. The fraction of sp³-hybridized carbons (Fsp3) is 0.545. The Morgan fingerprint density at radius 1 is 1.56 bits per heavy atom. The summed E-state index contributed by atoms with van der Waals surface area (Å²) in [5.41, 5.74) is 0. The van der Waals surface area contributed by atoms with Crippen molar-refractivity contribution in [3.05, 3.63) is 21.3 Å². The quantitative estimate of drug-likeness (QED) is 0.849. The molecule has 0 saturated carbocycles. The maximum Gasteiger partial charge on any atom is 0.222 e. The highest BCUT2D eigenvalue weighted by Gasteiger charge is 2.08. The van der Waals surface area contributed by atoms with Crippen LogP contribution in [0, 0.1) is 0 Å². The van der Waals surface area contributed by atoms with Crippen LogP contribution in [0.15, 0.2) is 12.1 Å². The summed E-state index contributed by atoms with van der Waals surface area (Å²) in [7, 11) is 3.72. The van der Waals surface area contributed by atoms with Crippen LogP contribution in [0.4, 0.5) is 0 Å². The molecule has 0 atom stereocenters. The molecule has 0 radical (unpaired) electrons. The van der Waals surface area contributed by atoms with Crippen molar-refractivity contribution in [2.45, 2.75) is 12.8 Å². The minimum atomic E-state index is 0.180. The van der Waals surface area contributed by atoms with Crippen LogP contribution in [0.5, 0.6) is 0 Å². The van der Waals surface area contributed by atoms with E-state index >= 15 is 0 Å². The number of nitrogens with one attached hydrogen (secondary N) is 1. The fourth-order valence-electron chi connectivity index (χ4n) is 1.31. The second-order valence-electron chi connectivity index (χ2n) is 3.62. The summed E-state index contributed by atoms with van der Waals surface area (Å²) in [5.74, 6) is 0.180. The molecule has 5 heteroatoms. The third-order valence-corrected chi connectivity index (χ3v) is 3.63. The van der Waals surface area contributed by atoms with Crippen LogP contribution < -0.4 is 5.32 Å². The molecule has 3 nitrogen and oxygen atoms in total. The van der Waals surface area contributed by atoms with Crippen LogP contribution in [0.1, 0.15) is 11.3 Å². The molecule has 0 spiro atoms. The van der Waals surface area contributed by atoms with Crippen molar-refractivity contribution in [2.75, 3.05) is 27.2 Å². The van der Waals surface area contributed by atoms with Gasteiger partial charge >= 0.3 is 0 Å². The molecule has 0 bridgehead atoms. The van der Waals surface area contributed by atoms with Gasteiger partial charge in [0.05, 0.1) is 4.34 Å². The van der Waals surface area contributed by atoms with Crippen LogP contribution in [-0.2, 0) is 11.2 Å². The molecule has 0 saturated heterocycles. The highest BCUT2D eigenvalue weighted by molar-refractivity contribution is 7.16. The molecule has 1 aromatic heterocycles. The van der Waals surface area contributed by atoms with Crippen molar-refractivity contribution in [1.82, 2.24) is 10.2 Å². The first kappa shape index (κ1) is 13.5. The average Bonchev–Trinajstić information content (AvgIpc) is 2.68. The molecule has 1 N–H and O–H groups in total. The Morgan fingerprint density at radius 3 is 2.88 bits per heavy atom. The molecule has 0 aromatic carbocycles. The molecular formula is C11H17ClN2OS. The summed E-state index contributed by atoms with van der Waals surface area (Å²) in [6.07, 6.45) is 1.33. The summed E-state index contributed by atoms with van der Waals surface area (Å²) < 4.78 is 0.783. The van der Waals surface area contributed by atoms with E-state index in [-0.39, 0.29) is 5.91 Å². The molecule has 1 amide bonds. The zero-order valence-electron chi connectivity index (χ0n) is 9.62. The topological polar surface area (TPSA) is 32.3 Å². The van der Waals surface area contributed by atoms with Crippen molar-refractivity contribution >= 4 is 28.8 Å². The smallest absolute Gasteiger partial charge is 0.222 e. The Hall–Kier alpha value is -0.580. The van der Waals surface area contributed by atoms with Gasteiger partial charge in [0.25, 0.3) is 0 Å².